The molecule has 0 radical (unpaired) electrons. The maximum Gasteiger partial charge on any atom is 0.295 e. The van der Waals surface area contributed by atoms with Crippen molar-refractivity contribution in [1.29, 1.82) is 0 Å². The van der Waals surface area contributed by atoms with Crippen molar-refractivity contribution in [3.8, 4) is 0 Å². The molecule has 1 amide bonds. The molecular formula is C25H16Cl2N4O2. The quantitative estimate of drug-likeness (QED) is 0.238. The van der Waals surface area contributed by atoms with Crippen molar-refractivity contribution < 1.29 is 9.59 Å². The normalized spacial score (nSPS) is 11.1. The monoisotopic (exact) mass is 474 g/mol. The van der Waals surface area contributed by atoms with Gasteiger partial charge < -0.3 is 4.57 Å². The second kappa shape index (κ2) is 8.65. The van der Waals surface area contributed by atoms with Gasteiger partial charge in [-0.1, -0.05) is 65.7 Å². The zero-order valence-electron chi connectivity index (χ0n) is 17.2. The summed E-state index contributed by atoms with van der Waals surface area (Å²) in [6.45, 7) is 0.510. The number of carbonyl (C=O) groups is 2. The molecule has 0 bridgehead atoms. The number of pyridine rings is 2. The number of halogens is 2. The molecule has 0 aliphatic carbocycles. The van der Waals surface area contributed by atoms with Crippen molar-refractivity contribution >= 4 is 68.6 Å². The van der Waals surface area contributed by atoms with E-state index in [2.05, 4.69) is 34.2 Å². The van der Waals surface area contributed by atoms with Crippen LogP contribution in [0.4, 0.5) is 11.4 Å². The van der Waals surface area contributed by atoms with Crippen LogP contribution in [0.5, 0.6) is 0 Å². The highest BCUT2D eigenvalue weighted by molar-refractivity contribution is 6.43. The summed E-state index contributed by atoms with van der Waals surface area (Å²) in [7, 11) is 0. The van der Waals surface area contributed by atoms with Gasteiger partial charge in [0, 0.05) is 36.7 Å². The van der Waals surface area contributed by atoms with E-state index in [-0.39, 0.29) is 22.0 Å². The third-order valence-electron chi connectivity index (χ3n) is 5.45. The molecule has 0 aliphatic rings. The topological polar surface area (TPSA) is 68.1 Å². The van der Waals surface area contributed by atoms with Crippen LogP contribution in [0.15, 0.2) is 79.4 Å². The summed E-state index contributed by atoms with van der Waals surface area (Å²) < 4.78 is 1.94. The van der Waals surface area contributed by atoms with E-state index in [0.29, 0.717) is 23.3 Å². The van der Waals surface area contributed by atoms with Crippen molar-refractivity contribution in [1.82, 2.24) is 14.5 Å². The predicted octanol–water partition coefficient (Wildman–Crippen LogP) is 5.80. The number of aromatic nitrogens is 3. The lowest BCUT2D eigenvalue weighted by Crippen LogP contribution is -2.27. The van der Waals surface area contributed by atoms with Crippen LogP contribution in [0.2, 0.25) is 10.0 Å². The lowest BCUT2D eigenvalue weighted by molar-refractivity contribution is -0.129. The minimum atomic E-state index is -0.807. The molecule has 8 heteroatoms. The summed E-state index contributed by atoms with van der Waals surface area (Å²) >= 11 is 12.7. The molecule has 0 unspecified atom stereocenters. The van der Waals surface area contributed by atoms with Crippen LogP contribution in [-0.4, -0.2) is 26.7 Å². The standard InChI is InChI=1S/C25H16Cl2N4O2/c26-20-11-28-12-21(27)24(20)31(23(33)15-32)22-14-30(25-19(22)9-4-10-29-25)13-17-7-3-6-16-5-1-2-8-18(16)17/h1-12,14-15H,13H2. The molecule has 3 heterocycles. The third kappa shape index (κ3) is 3.73. The van der Waals surface area contributed by atoms with E-state index in [1.54, 1.807) is 18.5 Å². The molecule has 5 aromatic rings. The number of carbonyl (C=O) groups excluding carboxylic acids is 2. The Morgan fingerprint density at radius 2 is 1.70 bits per heavy atom. The van der Waals surface area contributed by atoms with E-state index in [4.69, 9.17) is 23.2 Å². The van der Waals surface area contributed by atoms with Crippen LogP contribution in [-0.2, 0) is 16.1 Å². The fraction of sp³-hybridized carbons (Fsp3) is 0.0400. The number of hydrogen-bond acceptors (Lipinski definition) is 4. The van der Waals surface area contributed by atoms with Crippen LogP contribution < -0.4 is 4.90 Å². The van der Waals surface area contributed by atoms with E-state index in [1.165, 1.54) is 17.3 Å². The maximum atomic E-state index is 12.8. The first-order valence-corrected chi connectivity index (χ1v) is 10.8. The maximum absolute atomic E-state index is 12.8. The molecule has 33 heavy (non-hydrogen) atoms. The van der Waals surface area contributed by atoms with Crippen LogP contribution >= 0.6 is 23.2 Å². The largest absolute Gasteiger partial charge is 0.326 e. The van der Waals surface area contributed by atoms with Gasteiger partial charge >= 0.3 is 0 Å². The minimum Gasteiger partial charge on any atom is -0.326 e. The van der Waals surface area contributed by atoms with Gasteiger partial charge in [0.05, 0.1) is 21.4 Å². The highest BCUT2D eigenvalue weighted by Gasteiger charge is 2.27. The number of hydrogen-bond donors (Lipinski definition) is 0. The number of fused-ring (bicyclic) bond motifs is 2. The van der Waals surface area contributed by atoms with Crippen LogP contribution in [0.25, 0.3) is 21.8 Å². The molecule has 5 rings (SSSR count). The molecule has 0 fully saturated rings. The first-order chi connectivity index (χ1) is 16.1. The molecule has 0 aliphatic heterocycles. The SMILES string of the molecule is O=CC(=O)N(c1c(Cl)cncc1Cl)c1cn(Cc2cccc3ccccc23)c2ncccc12. The molecule has 6 nitrogen and oxygen atoms in total. The average molecular weight is 475 g/mol. The van der Waals surface area contributed by atoms with E-state index >= 15 is 0 Å². The Labute approximate surface area is 199 Å². The molecule has 0 atom stereocenters. The lowest BCUT2D eigenvalue weighted by Gasteiger charge is -2.21. The van der Waals surface area contributed by atoms with Gasteiger partial charge in [-0.25, -0.2) is 4.98 Å². The van der Waals surface area contributed by atoms with Crippen molar-refractivity contribution in [3.05, 3.63) is 95.0 Å². The third-order valence-corrected chi connectivity index (χ3v) is 6.00. The van der Waals surface area contributed by atoms with Gasteiger partial charge in [-0.05, 0) is 28.5 Å². The van der Waals surface area contributed by atoms with Gasteiger partial charge in [-0.3, -0.25) is 19.5 Å². The van der Waals surface area contributed by atoms with Gasteiger partial charge in [-0.15, -0.1) is 0 Å². The van der Waals surface area contributed by atoms with E-state index in [0.717, 1.165) is 16.3 Å². The molecule has 0 spiro atoms. The smallest absolute Gasteiger partial charge is 0.295 e. The second-order valence-corrected chi connectivity index (χ2v) is 8.21. The van der Waals surface area contributed by atoms with Gasteiger partial charge in [0.25, 0.3) is 5.91 Å². The van der Waals surface area contributed by atoms with E-state index < -0.39 is 5.91 Å². The molecule has 2 aromatic carbocycles. The van der Waals surface area contributed by atoms with E-state index in [9.17, 15) is 9.59 Å². The molecule has 0 saturated heterocycles. The summed E-state index contributed by atoms with van der Waals surface area (Å²) in [5.41, 5.74) is 2.39. The highest BCUT2D eigenvalue weighted by atomic mass is 35.5. The molecule has 0 N–H and O–H groups in total. The summed E-state index contributed by atoms with van der Waals surface area (Å²) in [5, 5.41) is 3.23. The van der Waals surface area contributed by atoms with Gasteiger partial charge in [0.1, 0.15) is 5.65 Å². The second-order valence-electron chi connectivity index (χ2n) is 7.40. The number of benzene rings is 2. The minimum absolute atomic E-state index is 0.150. The number of nitrogens with zero attached hydrogens (tertiary/aromatic N) is 4. The Bertz CT molecular complexity index is 1500. The fourth-order valence-electron chi connectivity index (χ4n) is 4.04. The summed E-state index contributed by atoms with van der Waals surface area (Å²) in [4.78, 5) is 34.1. The van der Waals surface area contributed by atoms with Crippen LogP contribution in [0.3, 0.4) is 0 Å². The Hall–Kier alpha value is -3.74. The number of rotatable bonds is 5. The first kappa shape index (κ1) is 21.1. The zero-order chi connectivity index (χ0) is 22.9. The molecule has 0 saturated carbocycles. The van der Waals surface area contributed by atoms with Crippen molar-refractivity contribution in [2.45, 2.75) is 6.54 Å². The summed E-state index contributed by atoms with van der Waals surface area (Å²) in [5.74, 6) is -0.807. The predicted molar refractivity (Wildman–Crippen MR) is 130 cm³/mol. The van der Waals surface area contributed by atoms with Gasteiger partial charge in [-0.2, -0.15) is 0 Å². The van der Waals surface area contributed by atoms with Crippen molar-refractivity contribution in [3.63, 3.8) is 0 Å². The lowest BCUT2D eigenvalue weighted by atomic mass is 10.0. The zero-order valence-corrected chi connectivity index (χ0v) is 18.7. The molecule has 162 valence electrons. The number of amides is 1. The Morgan fingerprint density at radius 3 is 2.48 bits per heavy atom. The number of aldehydes is 1. The average Bonchev–Trinajstić information content (AvgIpc) is 3.19. The summed E-state index contributed by atoms with van der Waals surface area (Å²) in [6, 6.07) is 17.9. The van der Waals surface area contributed by atoms with Crippen molar-refractivity contribution in [2.75, 3.05) is 4.90 Å². The van der Waals surface area contributed by atoms with Gasteiger partial charge in [0.15, 0.2) is 0 Å². The Kier molecular flexibility index (Phi) is 5.54. The Morgan fingerprint density at radius 1 is 0.970 bits per heavy atom. The highest BCUT2D eigenvalue weighted by Crippen LogP contribution is 2.40. The molecular weight excluding hydrogens is 459 g/mol. The fourth-order valence-corrected chi connectivity index (χ4v) is 4.57. The van der Waals surface area contributed by atoms with E-state index in [1.807, 2.05) is 28.8 Å². The van der Waals surface area contributed by atoms with Crippen molar-refractivity contribution in [2.24, 2.45) is 0 Å². The van der Waals surface area contributed by atoms with Gasteiger partial charge in [0.2, 0.25) is 6.29 Å². The molecule has 3 aromatic heterocycles. The number of anilines is 2. The summed E-state index contributed by atoms with van der Waals surface area (Å²) in [6.07, 6.45) is 6.46. The van der Waals surface area contributed by atoms with Crippen LogP contribution in [0, 0.1) is 0 Å². The Balaban J connectivity index is 1.71. The van der Waals surface area contributed by atoms with Crippen LogP contribution in [0.1, 0.15) is 5.56 Å². The first-order valence-electron chi connectivity index (χ1n) is 10.1.